The SMILES string of the molecule is FC(F)(F)C1(c2ccc(-c3ccc(Cl)cc3Cl)cn2)CO1. The topological polar surface area (TPSA) is 25.4 Å². The molecule has 2 heterocycles. The van der Waals surface area contributed by atoms with Gasteiger partial charge in [0.25, 0.3) is 0 Å². The molecule has 0 bridgehead atoms. The molecule has 2 nitrogen and oxygen atoms in total. The number of hydrogen-bond acceptors (Lipinski definition) is 2. The molecule has 1 fully saturated rings. The molecule has 0 spiro atoms. The molecule has 0 amide bonds. The number of ether oxygens (including phenoxy) is 1. The standard InChI is InChI=1S/C14H8Cl2F3NO/c15-9-2-3-10(11(16)5-9)8-1-4-12(20-6-8)13(7-21-13)14(17,18)19/h1-6H,7H2. The minimum atomic E-state index is -4.47. The van der Waals surface area contributed by atoms with Gasteiger partial charge in [-0.1, -0.05) is 35.3 Å². The van der Waals surface area contributed by atoms with Gasteiger partial charge in [-0.25, -0.2) is 0 Å². The third kappa shape index (κ3) is 2.50. The van der Waals surface area contributed by atoms with Gasteiger partial charge in [0, 0.05) is 27.4 Å². The summed E-state index contributed by atoms with van der Waals surface area (Å²) in [5.74, 6) is 0. The van der Waals surface area contributed by atoms with Gasteiger partial charge in [-0.05, 0) is 18.2 Å². The van der Waals surface area contributed by atoms with E-state index in [1.165, 1.54) is 18.3 Å². The van der Waals surface area contributed by atoms with Crippen molar-refractivity contribution in [2.24, 2.45) is 0 Å². The van der Waals surface area contributed by atoms with Crippen LogP contribution in [0.1, 0.15) is 5.69 Å². The van der Waals surface area contributed by atoms with Gasteiger partial charge in [0.05, 0.1) is 12.3 Å². The van der Waals surface area contributed by atoms with E-state index in [1.807, 2.05) is 0 Å². The predicted molar refractivity (Wildman–Crippen MR) is 73.4 cm³/mol. The van der Waals surface area contributed by atoms with Gasteiger partial charge in [-0.2, -0.15) is 13.2 Å². The van der Waals surface area contributed by atoms with E-state index >= 15 is 0 Å². The first kappa shape index (κ1) is 14.6. The summed E-state index contributed by atoms with van der Waals surface area (Å²) in [6.45, 7) is -0.398. The molecule has 3 rings (SSSR count). The Balaban J connectivity index is 1.95. The Morgan fingerprint density at radius 2 is 1.86 bits per heavy atom. The summed E-state index contributed by atoms with van der Waals surface area (Å²) in [6.07, 6.45) is -3.13. The van der Waals surface area contributed by atoms with E-state index in [4.69, 9.17) is 23.2 Å². The lowest BCUT2D eigenvalue weighted by Gasteiger charge is -2.15. The first-order valence-electron chi connectivity index (χ1n) is 5.96. The van der Waals surface area contributed by atoms with E-state index in [-0.39, 0.29) is 5.69 Å². The molecule has 0 aliphatic carbocycles. The van der Waals surface area contributed by atoms with E-state index in [0.717, 1.165) is 0 Å². The maximum Gasteiger partial charge on any atom is 0.425 e. The van der Waals surface area contributed by atoms with Crippen LogP contribution in [-0.4, -0.2) is 17.8 Å². The summed E-state index contributed by atoms with van der Waals surface area (Å²) in [7, 11) is 0. The number of halogens is 5. The molecule has 1 aromatic carbocycles. The summed E-state index contributed by atoms with van der Waals surface area (Å²) in [4.78, 5) is 3.88. The van der Waals surface area contributed by atoms with Crippen molar-refractivity contribution in [1.82, 2.24) is 4.98 Å². The van der Waals surface area contributed by atoms with E-state index in [2.05, 4.69) is 9.72 Å². The minimum Gasteiger partial charge on any atom is -0.354 e. The van der Waals surface area contributed by atoms with Gasteiger partial charge in [0.15, 0.2) is 0 Å². The lowest BCUT2D eigenvalue weighted by Crippen LogP contribution is -2.31. The Bertz CT molecular complexity index is 682. The first-order valence-corrected chi connectivity index (χ1v) is 6.72. The maximum atomic E-state index is 12.9. The third-order valence-electron chi connectivity index (χ3n) is 3.31. The second kappa shape index (κ2) is 4.87. The zero-order chi connectivity index (χ0) is 15.3. The second-order valence-corrected chi connectivity index (χ2v) is 5.51. The van der Waals surface area contributed by atoms with Gasteiger partial charge in [-0.3, -0.25) is 4.98 Å². The largest absolute Gasteiger partial charge is 0.425 e. The highest BCUT2D eigenvalue weighted by Gasteiger charge is 2.68. The number of epoxide rings is 1. The van der Waals surface area contributed by atoms with Crippen LogP contribution >= 0.6 is 23.2 Å². The Hall–Kier alpha value is -1.30. The van der Waals surface area contributed by atoms with E-state index < -0.39 is 18.4 Å². The summed E-state index contributed by atoms with van der Waals surface area (Å²) in [6, 6.07) is 7.74. The fourth-order valence-electron chi connectivity index (χ4n) is 2.04. The molecular weight excluding hydrogens is 326 g/mol. The van der Waals surface area contributed by atoms with Crippen LogP contribution < -0.4 is 0 Å². The van der Waals surface area contributed by atoms with Crippen molar-refractivity contribution in [3.05, 3.63) is 52.3 Å². The Labute approximate surface area is 128 Å². The molecule has 1 saturated heterocycles. The summed E-state index contributed by atoms with van der Waals surface area (Å²) in [5.41, 5.74) is -1.14. The number of hydrogen-bond donors (Lipinski definition) is 0. The average Bonchev–Trinajstić information content (AvgIpc) is 3.20. The van der Waals surface area contributed by atoms with Gasteiger partial charge in [0.2, 0.25) is 5.60 Å². The second-order valence-electron chi connectivity index (χ2n) is 4.67. The lowest BCUT2D eigenvalue weighted by molar-refractivity contribution is -0.188. The van der Waals surface area contributed by atoms with Gasteiger partial charge in [0.1, 0.15) is 0 Å². The molecule has 1 atom stereocenters. The van der Waals surface area contributed by atoms with Crippen LogP contribution in [0.15, 0.2) is 36.5 Å². The van der Waals surface area contributed by atoms with E-state index in [0.29, 0.717) is 21.2 Å². The molecule has 1 aliphatic heterocycles. The van der Waals surface area contributed by atoms with Crippen molar-refractivity contribution in [2.75, 3.05) is 6.61 Å². The Morgan fingerprint density at radius 3 is 2.33 bits per heavy atom. The van der Waals surface area contributed by atoms with Crippen LogP contribution in [0.3, 0.4) is 0 Å². The minimum absolute atomic E-state index is 0.149. The van der Waals surface area contributed by atoms with Crippen molar-refractivity contribution in [2.45, 2.75) is 11.8 Å². The highest BCUT2D eigenvalue weighted by atomic mass is 35.5. The summed E-state index contributed by atoms with van der Waals surface area (Å²) >= 11 is 11.9. The molecule has 1 aliphatic rings. The van der Waals surface area contributed by atoms with Gasteiger partial charge >= 0.3 is 6.18 Å². The third-order valence-corrected chi connectivity index (χ3v) is 3.86. The number of rotatable bonds is 2. The monoisotopic (exact) mass is 333 g/mol. The van der Waals surface area contributed by atoms with Crippen molar-refractivity contribution in [1.29, 1.82) is 0 Å². The zero-order valence-corrected chi connectivity index (χ0v) is 11.9. The van der Waals surface area contributed by atoms with Crippen LogP contribution in [0.4, 0.5) is 13.2 Å². The summed E-state index contributed by atoms with van der Waals surface area (Å²) in [5, 5.41) is 0.890. The van der Waals surface area contributed by atoms with Crippen LogP contribution in [0.5, 0.6) is 0 Å². The van der Waals surface area contributed by atoms with Gasteiger partial charge in [-0.15, -0.1) is 0 Å². The molecule has 2 aromatic rings. The highest BCUT2D eigenvalue weighted by Crippen LogP contribution is 2.51. The van der Waals surface area contributed by atoms with Crippen LogP contribution in [-0.2, 0) is 10.3 Å². The number of aromatic nitrogens is 1. The lowest BCUT2D eigenvalue weighted by atomic mass is 10.0. The predicted octanol–water partition coefficient (Wildman–Crippen LogP) is 4.84. The Morgan fingerprint density at radius 1 is 1.14 bits per heavy atom. The van der Waals surface area contributed by atoms with Crippen LogP contribution in [0.2, 0.25) is 10.0 Å². The molecule has 0 radical (unpaired) electrons. The first-order chi connectivity index (χ1) is 9.83. The summed E-state index contributed by atoms with van der Waals surface area (Å²) < 4.78 is 43.3. The molecular formula is C14H8Cl2F3NO. The van der Waals surface area contributed by atoms with E-state index in [1.54, 1.807) is 18.2 Å². The fraction of sp³-hybridized carbons (Fsp3) is 0.214. The molecule has 21 heavy (non-hydrogen) atoms. The number of benzene rings is 1. The number of nitrogens with zero attached hydrogens (tertiary/aromatic N) is 1. The van der Waals surface area contributed by atoms with E-state index in [9.17, 15) is 13.2 Å². The number of alkyl halides is 3. The van der Waals surface area contributed by atoms with Gasteiger partial charge < -0.3 is 4.74 Å². The maximum absolute atomic E-state index is 12.9. The highest BCUT2D eigenvalue weighted by molar-refractivity contribution is 6.36. The quantitative estimate of drug-likeness (QED) is 0.734. The molecule has 7 heteroatoms. The molecule has 1 aromatic heterocycles. The molecule has 0 N–H and O–H groups in total. The molecule has 0 saturated carbocycles. The number of pyridine rings is 1. The zero-order valence-electron chi connectivity index (χ0n) is 10.4. The van der Waals surface area contributed by atoms with Crippen molar-refractivity contribution < 1.29 is 17.9 Å². The smallest absolute Gasteiger partial charge is 0.354 e. The van der Waals surface area contributed by atoms with Crippen LogP contribution in [0, 0.1) is 0 Å². The van der Waals surface area contributed by atoms with Crippen molar-refractivity contribution in [3.63, 3.8) is 0 Å². The van der Waals surface area contributed by atoms with Crippen molar-refractivity contribution in [3.8, 4) is 11.1 Å². The average molecular weight is 334 g/mol. The molecule has 1 unspecified atom stereocenters. The fourth-order valence-corrected chi connectivity index (χ4v) is 2.56. The van der Waals surface area contributed by atoms with Crippen molar-refractivity contribution >= 4 is 23.2 Å². The van der Waals surface area contributed by atoms with Crippen LogP contribution in [0.25, 0.3) is 11.1 Å². The Kier molecular flexibility index (Phi) is 3.39. The molecule has 110 valence electrons. The normalized spacial score (nSPS) is 21.4.